The van der Waals surface area contributed by atoms with Gasteiger partial charge in [-0.25, -0.2) is 9.98 Å². The number of rotatable bonds is 6. The Balaban J connectivity index is 1.81. The molecule has 0 atom stereocenters. The van der Waals surface area contributed by atoms with Crippen molar-refractivity contribution >= 4 is 23.0 Å². The number of hydrogen-bond donors (Lipinski definition) is 0. The lowest BCUT2D eigenvalue weighted by Crippen LogP contribution is -2.50. The van der Waals surface area contributed by atoms with Crippen molar-refractivity contribution < 1.29 is 39.5 Å². The molecule has 300 valence electrons. The van der Waals surface area contributed by atoms with Gasteiger partial charge in [-0.15, -0.1) is 0 Å². The van der Waals surface area contributed by atoms with Crippen molar-refractivity contribution in [1.82, 2.24) is 9.80 Å². The van der Waals surface area contributed by atoms with Gasteiger partial charge < -0.3 is 9.80 Å². The van der Waals surface area contributed by atoms with E-state index in [-0.39, 0.29) is 42.2 Å². The van der Waals surface area contributed by atoms with Gasteiger partial charge in [0.25, 0.3) is 0 Å². The van der Waals surface area contributed by atoms with Crippen LogP contribution in [0.25, 0.3) is 0 Å². The summed E-state index contributed by atoms with van der Waals surface area (Å²) in [5, 5.41) is 0. The van der Waals surface area contributed by atoms with Gasteiger partial charge in [0.2, 0.25) is 0 Å². The van der Waals surface area contributed by atoms with Gasteiger partial charge in [0, 0.05) is 24.2 Å². The quantitative estimate of drug-likeness (QED) is 0.111. The van der Waals surface area contributed by atoms with Crippen LogP contribution in [0.3, 0.4) is 0 Å². The first kappa shape index (κ1) is 42.3. The molecule has 13 heteroatoms. The number of nitrogens with zero attached hydrogens (tertiary/aromatic N) is 4. The fraction of sp³-hybridized carbons (Fsp3) is 0.395. The normalized spacial score (nSPS) is 15.1. The first-order chi connectivity index (χ1) is 26.0. The Morgan fingerprint density at radius 1 is 0.571 bits per heavy atom. The molecule has 0 unspecified atom stereocenters. The van der Waals surface area contributed by atoms with Crippen molar-refractivity contribution in [1.29, 1.82) is 0 Å². The Labute approximate surface area is 321 Å². The van der Waals surface area contributed by atoms with Crippen molar-refractivity contribution in [3.05, 3.63) is 128 Å². The van der Waals surface area contributed by atoms with E-state index in [0.717, 1.165) is 39.6 Å². The Morgan fingerprint density at radius 2 is 1.05 bits per heavy atom. The lowest BCUT2D eigenvalue weighted by Gasteiger charge is -2.40. The van der Waals surface area contributed by atoms with Gasteiger partial charge in [-0.2, -0.15) is 39.5 Å². The molecule has 1 heterocycles. The van der Waals surface area contributed by atoms with Crippen LogP contribution in [-0.4, -0.2) is 41.2 Å². The molecular formula is C43H45F9N4. The van der Waals surface area contributed by atoms with Gasteiger partial charge in [-0.3, -0.25) is 0 Å². The maximum Gasteiger partial charge on any atom is 0.418 e. The minimum atomic E-state index is -5.20. The topological polar surface area (TPSA) is 31.2 Å². The lowest BCUT2D eigenvalue weighted by molar-refractivity contribution is -0.143. The number of benzene rings is 4. The van der Waals surface area contributed by atoms with Crippen LogP contribution >= 0.6 is 0 Å². The molecule has 0 aromatic heterocycles. The molecule has 5 rings (SSSR count). The van der Waals surface area contributed by atoms with Crippen LogP contribution in [0.4, 0.5) is 50.9 Å². The van der Waals surface area contributed by atoms with Gasteiger partial charge in [0.15, 0.2) is 0 Å². The molecule has 4 aromatic carbocycles. The van der Waals surface area contributed by atoms with Crippen LogP contribution < -0.4 is 0 Å². The van der Waals surface area contributed by atoms with E-state index in [1.54, 1.807) is 0 Å². The average molecular weight is 789 g/mol. The highest BCUT2D eigenvalue weighted by Crippen LogP contribution is 2.42. The SMILES string of the molecule is Cc1cc(C)c(N=C(c2cc(C(F)(F)F)cc(C(F)(F)F)c2)N2CCCN(C(=Nc3c(C(C)C)cccc3C(C)C)c3c(C)cccc3C)C2)c(C(F)(F)F)c1. The molecule has 1 fully saturated rings. The second kappa shape index (κ2) is 16.0. The van der Waals surface area contributed by atoms with E-state index >= 15 is 0 Å². The standard InChI is InChI=1S/C43H45F9N4/c1-24(2)33-14-10-15-34(25(3)4)38(33)54-40(36-27(6)12-9-13-28(36)7)56-17-11-16-55(23-56)39(53-37-29(8)18-26(5)19-35(37)43(50,51)52)30-20-31(41(44,45)46)22-32(21-30)42(47,48)49/h9-10,12-15,18-22,24-25H,11,16-17,23H2,1-8H3. The summed E-state index contributed by atoms with van der Waals surface area (Å²) in [5.74, 6) is 0.206. The van der Waals surface area contributed by atoms with Crippen LogP contribution in [0.5, 0.6) is 0 Å². The number of amidine groups is 2. The van der Waals surface area contributed by atoms with Gasteiger partial charge in [0.1, 0.15) is 11.7 Å². The third-order valence-corrected chi connectivity index (χ3v) is 9.88. The van der Waals surface area contributed by atoms with E-state index < -0.39 is 52.3 Å². The third kappa shape index (κ3) is 9.24. The Morgan fingerprint density at radius 3 is 1.54 bits per heavy atom. The monoisotopic (exact) mass is 788 g/mol. The fourth-order valence-corrected chi connectivity index (χ4v) is 7.18. The lowest BCUT2D eigenvalue weighted by atomic mass is 9.92. The van der Waals surface area contributed by atoms with Gasteiger partial charge in [-0.05, 0) is 98.0 Å². The molecule has 1 aliphatic heterocycles. The molecule has 0 radical (unpaired) electrons. The van der Waals surface area contributed by atoms with Crippen molar-refractivity contribution in [2.45, 2.75) is 92.2 Å². The van der Waals surface area contributed by atoms with Crippen molar-refractivity contribution in [2.75, 3.05) is 19.8 Å². The molecule has 0 saturated carbocycles. The number of halogens is 9. The number of hydrogen-bond acceptors (Lipinski definition) is 2. The second-order valence-electron chi connectivity index (χ2n) is 15.0. The van der Waals surface area contributed by atoms with Crippen molar-refractivity contribution in [2.24, 2.45) is 9.98 Å². The zero-order valence-corrected chi connectivity index (χ0v) is 32.5. The number of aryl methyl sites for hydroxylation is 4. The molecule has 4 aromatic rings. The van der Waals surface area contributed by atoms with Crippen LogP contribution in [0.15, 0.2) is 76.7 Å². The summed E-state index contributed by atoms with van der Waals surface area (Å²) >= 11 is 0. The summed E-state index contributed by atoms with van der Waals surface area (Å²) in [7, 11) is 0. The molecular weight excluding hydrogens is 743 g/mol. The molecule has 0 N–H and O–H groups in total. The van der Waals surface area contributed by atoms with E-state index in [4.69, 9.17) is 4.99 Å². The maximum absolute atomic E-state index is 14.6. The van der Waals surface area contributed by atoms with E-state index in [9.17, 15) is 39.5 Å². The van der Waals surface area contributed by atoms with E-state index in [0.29, 0.717) is 30.9 Å². The molecule has 0 amide bonds. The van der Waals surface area contributed by atoms with Crippen LogP contribution in [-0.2, 0) is 18.5 Å². The zero-order valence-electron chi connectivity index (χ0n) is 32.5. The van der Waals surface area contributed by atoms with Crippen molar-refractivity contribution in [3.8, 4) is 0 Å². The summed E-state index contributed by atoms with van der Waals surface area (Å²) < 4.78 is 129. The van der Waals surface area contributed by atoms with Crippen LogP contribution in [0.2, 0.25) is 0 Å². The predicted octanol–water partition coefficient (Wildman–Crippen LogP) is 13.0. The van der Waals surface area contributed by atoms with Gasteiger partial charge in [-0.1, -0.05) is 75.7 Å². The predicted molar refractivity (Wildman–Crippen MR) is 203 cm³/mol. The first-order valence-electron chi connectivity index (χ1n) is 18.3. The molecule has 0 spiro atoms. The highest BCUT2D eigenvalue weighted by atomic mass is 19.4. The second-order valence-corrected chi connectivity index (χ2v) is 15.0. The maximum atomic E-state index is 14.6. The Bertz CT molecular complexity index is 2060. The summed E-state index contributed by atoms with van der Waals surface area (Å²) in [6.45, 7) is 15.2. The molecule has 0 bridgehead atoms. The highest BCUT2D eigenvalue weighted by Gasteiger charge is 2.39. The third-order valence-electron chi connectivity index (χ3n) is 9.88. The molecule has 56 heavy (non-hydrogen) atoms. The van der Waals surface area contributed by atoms with Crippen LogP contribution in [0, 0.1) is 27.7 Å². The minimum Gasteiger partial charge on any atom is -0.338 e. The number of aliphatic imine (C=N–C) groups is 2. The largest absolute Gasteiger partial charge is 0.418 e. The Kier molecular flexibility index (Phi) is 12.1. The first-order valence-corrected chi connectivity index (χ1v) is 18.3. The van der Waals surface area contributed by atoms with Gasteiger partial charge in [0.05, 0.1) is 34.7 Å². The summed E-state index contributed by atoms with van der Waals surface area (Å²) in [5.41, 5.74) is -0.0385. The number of para-hydroxylation sites is 1. The van der Waals surface area contributed by atoms with E-state index in [1.165, 1.54) is 24.8 Å². The summed E-state index contributed by atoms with van der Waals surface area (Å²) in [4.78, 5) is 13.1. The molecule has 4 nitrogen and oxygen atoms in total. The van der Waals surface area contributed by atoms with E-state index in [1.807, 2.05) is 55.1 Å². The minimum absolute atomic E-state index is 0.00784. The van der Waals surface area contributed by atoms with Gasteiger partial charge >= 0.3 is 18.5 Å². The van der Waals surface area contributed by atoms with Crippen molar-refractivity contribution in [3.63, 3.8) is 0 Å². The zero-order chi connectivity index (χ0) is 41.5. The molecule has 1 saturated heterocycles. The highest BCUT2D eigenvalue weighted by molar-refractivity contribution is 6.04. The smallest absolute Gasteiger partial charge is 0.338 e. The fourth-order valence-electron chi connectivity index (χ4n) is 7.18. The van der Waals surface area contributed by atoms with E-state index in [2.05, 4.69) is 32.7 Å². The molecule has 1 aliphatic rings. The summed E-state index contributed by atoms with van der Waals surface area (Å²) in [6.07, 6.45) is -15.0. The molecule has 0 aliphatic carbocycles. The summed E-state index contributed by atoms with van der Waals surface area (Å²) in [6, 6.07) is 15.0. The Hall–Kier alpha value is -4.81. The number of alkyl halides is 9. The van der Waals surface area contributed by atoms with Crippen LogP contribution in [0.1, 0.15) is 107 Å². The average Bonchev–Trinajstić information content (AvgIpc) is 3.09.